The highest BCUT2D eigenvalue weighted by Gasteiger charge is 2.21. The van der Waals surface area contributed by atoms with Gasteiger partial charge < -0.3 is 10.1 Å². The molecule has 1 aromatic rings. The van der Waals surface area contributed by atoms with Crippen LogP contribution < -0.4 is 5.32 Å². The zero-order valence-electron chi connectivity index (χ0n) is 12.1. The number of nitrogens with one attached hydrogen (secondary N) is 1. The minimum atomic E-state index is -1.04. The standard InChI is InChI=1S/C15H17F2NO3/c1-4-6-12(15(20)21-9(2)3)18-14(19)13-10(16)7-5-8-11(13)17/h5-9H,4H2,1-3H3,(H,18,19). The summed E-state index contributed by atoms with van der Waals surface area (Å²) in [7, 11) is 0. The highest BCUT2D eigenvalue weighted by atomic mass is 19.1. The molecule has 0 aliphatic heterocycles. The van der Waals surface area contributed by atoms with Crippen molar-refractivity contribution in [1.82, 2.24) is 5.32 Å². The average molecular weight is 297 g/mol. The summed E-state index contributed by atoms with van der Waals surface area (Å²) in [4.78, 5) is 23.7. The van der Waals surface area contributed by atoms with E-state index < -0.39 is 29.1 Å². The van der Waals surface area contributed by atoms with Crippen molar-refractivity contribution < 1.29 is 23.1 Å². The number of hydrogen-bond donors (Lipinski definition) is 1. The van der Waals surface area contributed by atoms with Gasteiger partial charge in [0.15, 0.2) is 0 Å². The van der Waals surface area contributed by atoms with Gasteiger partial charge in [-0.05, 0) is 32.4 Å². The van der Waals surface area contributed by atoms with Crippen molar-refractivity contribution in [3.05, 3.63) is 47.2 Å². The molecule has 0 unspecified atom stereocenters. The van der Waals surface area contributed by atoms with Gasteiger partial charge in [0.25, 0.3) is 5.91 Å². The molecule has 0 aliphatic carbocycles. The van der Waals surface area contributed by atoms with Gasteiger partial charge in [0.05, 0.1) is 6.10 Å². The van der Waals surface area contributed by atoms with Crippen LogP contribution in [0.4, 0.5) is 8.78 Å². The van der Waals surface area contributed by atoms with E-state index in [2.05, 4.69) is 5.32 Å². The van der Waals surface area contributed by atoms with E-state index in [9.17, 15) is 18.4 Å². The number of rotatable bonds is 5. The molecule has 21 heavy (non-hydrogen) atoms. The molecule has 4 nitrogen and oxygen atoms in total. The maximum Gasteiger partial charge on any atom is 0.354 e. The van der Waals surface area contributed by atoms with E-state index in [1.165, 1.54) is 6.08 Å². The number of amides is 1. The Bertz CT molecular complexity index is 548. The van der Waals surface area contributed by atoms with Crippen LogP contribution in [0.3, 0.4) is 0 Å². The quantitative estimate of drug-likeness (QED) is 0.671. The van der Waals surface area contributed by atoms with Crippen molar-refractivity contribution in [2.75, 3.05) is 0 Å². The number of halogens is 2. The van der Waals surface area contributed by atoms with E-state index in [-0.39, 0.29) is 11.8 Å². The van der Waals surface area contributed by atoms with Gasteiger partial charge in [0.1, 0.15) is 22.9 Å². The van der Waals surface area contributed by atoms with Crippen molar-refractivity contribution in [1.29, 1.82) is 0 Å². The lowest BCUT2D eigenvalue weighted by molar-refractivity contribution is -0.143. The Morgan fingerprint density at radius 1 is 1.29 bits per heavy atom. The first-order chi connectivity index (χ1) is 9.86. The van der Waals surface area contributed by atoms with Gasteiger partial charge in [-0.25, -0.2) is 13.6 Å². The number of ether oxygens (including phenoxy) is 1. The Labute approximate surface area is 121 Å². The molecule has 0 heterocycles. The fraction of sp³-hybridized carbons (Fsp3) is 0.333. The molecule has 0 atom stereocenters. The molecule has 6 heteroatoms. The van der Waals surface area contributed by atoms with Crippen LogP contribution >= 0.6 is 0 Å². The summed E-state index contributed by atoms with van der Waals surface area (Å²) in [5.41, 5.74) is -0.879. The fourth-order valence-corrected chi connectivity index (χ4v) is 1.57. The zero-order chi connectivity index (χ0) is 16.0. The molecule has 0 bridgehead atoms. The Balaban J connectivity index is 2.97. The number of carbonyl (C=O) groups is 2. The molecular formula is C15H17F2NO3. The first kappa shape index (κ1) is 16.8. The van der Waals surface area contributed by atoms with Gasteiger partial charge in [0.2, 0.25) is 0 Å². The second kappa shape index (κ2) is 7.52. The van der Waals surface area contributed by atoms with Crippen molar-refractivity contribution in [2.45, 2.75) is 33.3 Å². The number of benzene rings is 1. The molecule has 0 saturated heterocycles. The summed E-state index contributed by atoms with van der Waals surface area (Å²) in [5.74, 6) is -3.79. The lowest BCUT2D eigenvalue weighted by Crippen LogP contribution is -2.31. The number of carbonyl (C=O) groups excluding carboxylic acids is 2. The first-order valence-corrected chi connectivity index (χ1v) is 6.53. The molecule has 0 saturated carbocycles. The molecule has 0 fully saturated rings. The molecule has 0 radical (unpaired) electrons. The van der Waals surface area contributed by atoms with Gasteiger partial charge in [-0.1, -0.05) is 19.1 Å². The number of hydrogen-bond acceptors (Lipinski definition) is 3. The predicted octanol–water partition coefficient (Wildman–Crippen LogP) is 2.94. The Morgan fingerprint density at radius 2 is 1.86 bits per heavy atom. The van der Waals surface area contributed by atoms with E-state index in [0.717, 1.165) is 18.2 Å². The van der Waals surface area contributed by atoms with E-state index in [1.807, 2.05) is 0 Å². The van der Waals surface area contributed by atoms with Crippen molar-refractivity contribution >= 4 is 11.9 Å². The topological polar surface area (TPSA) is 55.4 Å². The second-order valence-corrected chi connectivity index (χ2v) is 4.53. The van der Waals surface area contributed by atoms with Crippen LogP contribution in [0.5, 0.6) is 0 Å². The largest absolute Gasteiger partial charge is 0.458 e. The van der Waals surface area contributed by atoms with Gasteiger partial charge in [-0.3, -0.25) is 4.79 Å². The van der Waals surface area contributed by atoms with Crippen LogP contribution in [0, 0.1) is 11.6 Å². The lowest BCUT2D eigenvalue weighted by Gasteiger charge is -2.12. The van der Waals surface area contributed by atoms with Gasteiger partial charge in [-0.2, -0.15) is 0 Å². The first-order valence-electron chi connectivity index (χ1n) is 6.53. The van der Waals surface area contributed by atoms with Crippen molar-refractivity contribution in [3.8, 4) is 0 Å². The van der Waals surface area contributed by atoms with Crippen molar-refractivity contribution in [2.24, 2.45) is 0 Å². The highest BCUT2D eigenvalue weighted by Crippen LogP contribution is 2.13. The fourth-order valence-electron chi connectivity index (χ4n) is 1.57. The minimum Gasteiger partial charge on any atom is -0.458 e. The smallest absolute Gasteiger partial charge is 0.354 e. The molecule has 1 rings (SSSR count). The van der Waals surface area contributed by atoms with Crippen LogP contribution in [-0.2, 0) is 9.53 Å². The normalized spacial score (nSPS) is 11.4. The van der Waals surface area contributed by atoms with Crippen molar-refractivity contribution in [3.63, 3.8) is 0 Å². The second-order valence-electron chi connectivity index (χ2n) is 4.53. The summed E-state index contributed by atoms with van der Waals surface area (Å²) in [6, 6.07) is 3.08. The summed E-state index contributed by atoms with van der Waals surface area (Å²) in [6.07, 6.45) is 1.49. The maximum atomic E-state index is 13.5. The molecule has 1 N–H and O–H groups in total. The van der Waals surface area contributed by atoms with Gasteiger partial charge >= 0.3 is 5.97 Å². The lowest BCUT2D eigenvalue weighted by atomic mass is 10.1. The third-order valence-electron chi connectivity index (χ3n) is 2.41. The maximum absolute atomic E-state index is 13.5. The zero-order valence-corrected chi connectivity index (χ0v) is 12.1. The predicted molar refractivity (Wildman–Crippen MR) is 73.4 cm³/mol. The van der Waals surface area contributed by atoms with Gasteiger partial charge in [0, 0.05) is 0 Å². The van der Waals surface area contributed by atoms with Crippen LogP contribution in [0.1, 0.15) is 37.6 Å². The van der Waals surface area contributed by atoms with Gasteiger partial charge in [-0.15, -0.1) is 0 Å². The third-order valence-corrected chi connectivity index (χ3v) is 2.41. The molecule has 1 amide bonds. The number of allylic oxidation sites excluding steroid dienone is 1. The highest BCUT2D eigenvalue weighted by molar-refractivity contribution is 6.01. The summed E-state index contributed by atoms with van der Waals surface area (Å²) in [5, 5.41) is 2.19. The van der Waals surface area contributed by atoms with E-state index >= 15 is 0 Å². The summed E-state index contributed by atoms with van der Waals surface area (Å²) < 4.78 is 32.0. The molecular weight excluding hydrogens is 280 g/mol. The van der Waals surface area contributed by atoms with E-state index in [1.54, 1.807) is 20.8 Å². The average Bonchev–Trinajstić information content (AvgIpc) is 2.37. The molecule has 0 aliphatic rings. The van der Waals surface area contributed by atoms with E-state index in [0.29, 0.717) is 6.42 Å². The Hall–Kier alpha value is -2.24. The monoisotopic (exact) mass is 297 g/mol. The Kier molecular flexibility index (Phi) is 6.02. The summed E-state index contributed by atoms with van der Waals surface area (Å²) >= 11 is 0. The van der Waals surface area contributed by atoms with E-state index in [4.69, 9.17) is 4.74 Å². The summed E-state index contributed by atoms with van der Waals surface area (Å²) in [6.45, 7) is 5.05. The molecule has 0 aromatic heterocycles. The molecule has 1 aromatic carbocycles. The van der Waals surface area contributed by atoms with Crippen LogP contribution in [0.2, 0.25) is 0 Å². The molecule has 114 valence electrons. The Morgan fingerprint density at radius 3 is 2.33 bits per heavy atom. The number of esters is 1. The van der Waals surface area contributed by atoms with Crippen LogP contribution in [0.25, 0.3) is 0 Å². The van der Waals surface area contributed by atoms with Crippen LogP contribution in [0.15, 0.2) is 30.0 Å². The van der Waals surface area contributed by atoms with Crippen LogP contribution in [-0.4, -0.2) is 18.0 Å². The SMILES string of the molecule is CCC=C(NC(=O)c1c(F)cccc1F)C(=O)OC(C)C. The molecule has 0 spiro atoms. The minimum absolute atomic E-state index is 0.140. The third kappa shape index (κ3) is 4.66.